The highest BCUT2D eigenvalue weighted by molar-refractivity contribution is 7.80. The monoisotopic (exact) mass is 168 g/mol. The van der Waals surface area contributed by atoms with Gasteiger partial charge in [0.1, 0.15) is 0 Å². The van der Waals surface area contributed by atoms with Gasteiger partial charge in [-0.25, -0.2) is 0 Å². The minimum Gasteiger partial charge on any atom is -0.324 e. The summed E-state index contributed by atoms with van der Waals surface area (Å²) in [5.41, 5.74) is 6.96. The molecule has 0 saturated carbocycles. The fraction of sp³-hybridized carbons (Fsp3) is 0.375. The number of rotatable bonds is 3. The Hall–Kier alpha value is -0.540. The van der Waals surface area contributed by atoms with E-state index in [0.29, 0.717) is 0 Å². The topological polar surface area (TPSA) is 38.9 Å². The first-order valence-electron chi connectivity index (χ1n) is 3.61. The molecule has 0 spiro atoms. The smallest absolute Gasteiger partial charge is 0.0303 e. The molecule has 11 heavy (non-hydrogen) atoms. The van der Waals surface area contributed by atoms with Crippen LogP contribution in [0.2, 0.25) is 0 Å². The van der Waals surface area contributed by atoms with Gasteiger partial charge >= 0.3 is 0 Å². The van der Waals surface area contributed by atoms with Crippen molar-refractivity contribution in [2.75, 3.05) is 5.75 Å². The van der Waals surface area contributed by atoms with Gasteiger partial charge in [-0.1, -0.05) is 0 Å². The summed E-state index contributed by atoms with van der Waals surface area (Å²) in [7, 11) is 0. The summed E-state index contributed by atoms with van der Waals surface area (Å²) in [4.78, 5) is 3.91. The van der Waals surface area contributed by atoms with Gasteiger partial charge in [-0.15, -0.1) is 0 Å². The molecule has 0 saturated heterocycles. The van der Waals surface area contributed by atoms with E-state index in [-0.39, 0.29) is 6.04 Å². The third-order valence-electron chi connectivity index (χ3n) is 1.57. The van der Waals surface area contributed by atoms with E-state index >= 15 is 0 Å². The summed E-state index contributed by atoms with van der Waals surface area (Å²) in [6.07, 6.45) is 4.43. The lowest BCUT2D eigenvalue weighted by atomic mass is 10.1. The van der Waals surface area contributed by atoms with Crippen molar-refractivity contribution in [3.8, 4) is 0 Å². The van der Waals surface area contributed by atoms with Crippen LogP contribution < -0.4 is 5.73 Å². The summed E-state index contributed by atoms with van der Waals surface area (Å²) < 4.78 is 0. The summed E-state index contributed by atoms with van der Waals surface area (Å²) in [6, 6.07) is 3.98. The lowest BCUT2D eigenvalue weighted by Gasteiger charge is -2.08. The fourth-order valence-electron chi connectivity index (χ4n) is 0.916. The Bertz CT molecular complexity index is 201. The van der Waals surface area contributed by atoms with Gasteiger partial charge in [-0.05, 0) is 29.9 Å². The zero-order valence-corrected chi connectivity index (χ0v) is 7.17. The van der Waals surface area contributed by atoms with E-state index in [0.717, 1.165) is 17.7 Å². The van der Waals surface area contributed by atoms with Crippen LogP contribution >= 0.6 is 12.6 Å². The van der Waals surface area contributed by atoms with Crippen molar-refractivity contribution in [2.24, 2.45) is 5.73 Å². The summed E-state index contributed by atoms with van der Waals surface area (Å²) in [6.45, 7) is 0. The molecule has 0 aliphatic carbocycles. The quantitative estimate of drug-likeness (QED) is 0.670. The summed E-state index contributed by atoms with van der Waals surface area (Å²) >= 11 is 4.11. The molecule has 0 radical (unpaired) electrons. The summed E-state index contributed by atoms with van der Waals surface area (Å²) in [5.74, 6) is 0.823. The van der Waals surface area contributed by atoms with Crippen LogP contribution in [-0.4, -0.2) is 10.7 Å². The second kappa shape index (κ2) is 4.36. The SMILES string of the molecule is NC(CCS)c1ccncc1. The van der Waals surface area contributed by atoms with E-state index in [1.807, 2.05) is 12.1 Å². The highest BCUT2D eigenvalue weighted by atomic mass is 32.1. The molecule has 1 aromatic heterocycles. The molecule has 0 amide bonds. The minimum atomic E-state index is 0.107. The maximum absolute atomic E-state index is 5.83. The maximum Gasteiger partial charge on any atom is 0.0303 e. The Balaban J connectivity index is 2.61. The van der Waals surface area contributed by atoms with Gasteiger partial charge in [0, 0.05) is 18.4 Å². The van der Waals surface area contributed by atoms with Crippen molar-refractivity contribution >= 4 is 12.6 Å². The number of nitrogens with zero attached hydrogens (tertiary/aromatic N) is 1. The number of aromatic nitrogens is 1. The molecule has 3 heteroatoms. The average molecular weight is 168 g/mol. The molecule has 0 fully saturated rings. The minimum absolute atomic E-state index is 0.107. The molecule has 60 valence electrons. The molecule has 1 aromatic rings. The first-order chi connectivity index (χ1) is 5.34. The molecule has 0 bridgehead atoms. The third kappa shape index (κ3) is 2.52. The highest BCUT2D eigenvalue weighted by Crippen LogP contribution is 2.12. The van der Waals surface area contributed by atoms with Crippen LogP contribution in [0.15, 0.2) is 24.5 Å². The molecule has 0 aromatic carbocycles. The third-order valence-corrected chi connectivity index (χ3v) is 1.83. The lowest BCUT2D eigenvalue weighted by Crippen LogP contribution is -2.10. The number of nitrogens with two attached hydrogens (primary N) is 1. The molecule has 1 heterocycles. The molecule has 0 aliphatic rings. The Morgan fingerprint density at radius 3 is 2.64 bits per heavy atom. The number of hydrogen-bond donors (Lipinski definition) is 2. The van der Waals surface area contributed by atoms with E-state index in [9.17, 15) is 0 Å². The van der Waals surface area contributed by atoms with Crippen molar-refractivity contribution in [3.63, 3.8) is 0 Å². The molecule has 1 unspecified atom stereocenters. The first-order valence-corrected chi connectivity index (χ1v) is 4.24. The van der Waals surface area contributed by atoms with Crippen LogP contribution in [0.1, 0.15) is 18.0 Å². The van der Waals surface area contributed by atoms with Gasteiger partial charge in [0.2, 0.25) is 0 Å². The average Bonchev–Trinajstić information content (AvgIpc) is 2.07. The van der Waals surface area contributed by atoms with E-state index < -0.39 is 0 Å². The molecule has 0 aliphatic heterocycles. The largest absolute Gasteiger partial charge is 0.324 e. The Morgan fingerprint density at radius 2 is 2.09 bits per heavy atom. The Labute approximate surface area is 72.2 Å². The molecule has 1 atom stereocenters. The van der Waals surface area contributed by atoms with Gasteiger partial charge in [0.05, 0.1) is 0 Å². The zero-order chi connectivity index (χ0) is 8.10. The van der Waals surface area contributed by atoms with Crippen molar-refractivity contribution in [1.82, 2.24) is 4.98 Å². The number of pyridine rings is 1. The molecular formula is C8H12N2S. The van der Waals surface area contributed by atoms with Gasteiger partial charge in [0.15, 0.2) is 0 Å². The second-order valence-corrected chi connectivity index (χ2v) is 2.85. The van der Waals surface area contributed by atoms with E-state index in [1.54, 1.807) is 12.4 Å². The predicted molar refractivity (Wildman–Crippen MR) is 49.6 cm³/mol. The predicted octanol–water partition coefficient (Wildman–Crippen LogP) is 1.40. The number of thiol groups is 1. The van der Waals surface area contributed by atoms with Gasteiger partial charge in [-0.2, -0.15) is 12.6 Å². The molecule has 2 nitrogen and oxygen atoms in total. The normalized spacial score (nSPS) is 12.9. The van der Waals surface area contributed by atoms with Crippen molar-refractivity contribution < 1.29 is 0 Å². The molecule has 2 N–H and O–H groups in total. The standard InChI is InChI=1S/C8H12N2S/c9-8(3-6-11)7-1-4-10-5-2-7/h1-2,4-5,8,11H,3,6,9H2. The van der Waals surface area contributed by atoms with Crippen LogP contribution in [0.4, 0.5) is 0 Å². The van der Waals surface area contributed by atoms with E-state index in [1.165, 1.54) is 0 Å². The van der Waals surface area contributed by atoms with E-state index in [2.05, 4.69) is 17.6 Å². The van der Waals surface area contributed by atoms with E-state index in [4.69, 9.17) is 5.73 Å². The summed E-state index contributed by atoms with van der Waals surface area (Å²) in [5, 5.41) is 0. The van der Waals surface area contributed by atoms with Crippen LogP contribution in [-0.2, 0) is 0 Å². The van der Waals surface area contributed by atoms with Gasteiger partial charge in [-0.3, -0.25) is 4.98 Å². The highest BCUT2D eigenvalue weighted by Gasteiger charge is 2.02. The van der Waals surface area contributed by atoms with Crippen molar-refractivity contribution in [3.05, 3.63) is 30.1 Å². The molecule has 1 rings (SSSR count). The maximum atomic E-state index is 5.83. The van der Waals surface area contributed by atoms with Gasteiger partial charge in [0.25, 0.3) is 0 Å². The lowest BCUT2D eigenvalue weighted by molar-refractivity contribution is 0.705. The van der Waals surface area contributed by atoms with Gasteiger partial charge < -0.3 is 5.73 Å². The van der Waals surface area contributed by atoms with Crippen molar-refractivity contribution in [2.45, 2.75) is 12.5 Å². The second-order valence-electron chi connectivity index (χ2n) is 2.40. The zero-order valence-electron chi connectivity index (χ0n) is 6.27. The molecular weight excluding hydrogens is 156 g/mol. The first kappa shape index (κ1) is 8.56. The van der Waals surface area contributed by atoms with Crippen LogP contribution in [0.25, 0.3) is 0 Å². The Kier molecular flexibility index (Phi) is 3.39. The fourth-order valence-corrected chi connectivity index (χ4v) is 1.19. The van der Waals surface area contributed by atoms with Crippen LogP contribution in [0.5, 0.6) is 0 Å². The Morgan fingerprint density at radius 1 is 1.45 bits per heavy atom. The number of hydrogen-bond acceptors (Lipinski definition) is 3. The van der Waals surface area contributed by atoms with Crippen LogP contribution in [0, 0.1) is 0 Å². The van der Waals surface area contributed by atoms with Crippen LogP contribution in [0.3, 0.4) is 0 Å². The van der Waals surface area contributed by atoms with Crippen molar-refractivity contribution in [1.29, 1.82) is 0 Å².